The van der Waals surface area contributed by atoms with Crippen LogP contribution in [-0.4, -0.2) is 18.2 Å². The molecule has 0 saturated carbocycles. The van der Waals surface area contributed by atoms with Crippen molar-refractivity contribution >= 4 is 5.69 Å². The fourth-order valence-corrected chi connectivity index (χ4v) is 2.28. The number of benzene rings is 2. The smallest absolute Gasteiger partial charge is 0.115 e. The highest BCUT2D eigenvalue weighted by molar-refractivity contribution is 5.49. The van der Waals surface area contributed by atoms with Gasteiger partial charge in [0.05, 0.1) is 0 Å². The third kappa shape index (κ3) is 4.00. The van der Waals surface area contributed by atoms with Crippen LogP contribution < -0.4 is 10.6 Å². The number of nitrogens with zero attached hydrogens (tertiary/aromatic N) is 1. The Labute approximate surface area is 120 Å². The summed E-state index contributed by atoms with van der Waals surface area (Å²) in [6, 6.07) is 15.9. The first-order valence-electron chi connectivity index (χ1n) is 6.98. The summed E-state index contributed by atoms with van der Waals surface area (Å²) in [5.74, 6) is 0.311. The van der Waals surface area contributed by atoms with Crippen molar-refractivity contribution < 1.29 is 5.11 Å². The molecule has 2 aromatic carbocycles. The Balaban J connectivity index is 2.19. The molecule has 0 aliphatic carbocycles. The lowest BCUT2D eigenvalue weighted by Gasteiger charge is -2.25. The van der Waals surface area contributed by atoms with Gasteiger partial charge in [-0.3, -0.25) is 0 Å². The lowest BCUT2D eigenvalue weighted by atomic mass is 10.1. The molecule has 0 heterocycles. The van der Waals surface area contributed by atoms with Gasteiger partial charge in [0.15, 0.2) is 0 Å². The predicted molar refractivity (Wildman–Crippen MR) is 84.0 cm³/mol. The molecule has 0 aromatic heterocycles. The molecule has 2 rings (SSSR count). The van der Waals surface area contributed by atoms with Crippen LogP contribution in [0, 0.1) is 6.92 Å². The van der Waals surface area contributed by atoms with Crippen molar-refractivity contribution in [3.8, 4) is 5.75 Å². The third-order valence-corrected chi connectivity index (χ3v) is 3.28. The molecule has 3 nitrogen and oxygen atoms in total. The number of phenols is 1. The molecule has 3 heteroatoms. The van der Waals surface area contributed by atoms with E-state index in [1.54, 1.807) is 6.07 Å². The number of aromatic hydroxyl groups is 1. The summed E-state index contributed by atoms with van der Waals surface area (Å²) >= 11 is 0. The second kappa shape index (κ2) is 6.96. The van der Waals surface area contributed by atoms with Crippen LogP contribution >= 0.6 is 0 Å². The zero-order chi connectivity index (χ0) is 14.4. The van der Waals surface area contributed by atoms with Crippen molar-refractivity contribution in [2.75, 3.05) is 18.0 Å². The number of anilines is 1. The second-order valence-electron chi connectivity index (χ2n) is 5.07. The molecule has 0 spiro atoms. The quantitative estimate of drug-likeness (QED) is 0.848. The van der Waals surface area contributed by atoms with Crippen molar-refractivity contribution in [1.82, 2.24) is 0 Å². The van der Waals surface area contributed by atoms with E-state index in [9.17, 15) is 5.11 Å². The number of hydrogen-bond donors (Lipinski definition) is 2. The van der Waals surface area contributed by atoms with Gasteiger partial charge < -0.3 is 15.7 Å². The van der Waals surface area contributed by atoms with Gasteiger partial charge in [-0.2, -0.15) is 0 Å². The van der Waals surface area contributed by atoms with Gasteiger partial charge >= 0.3 is 0 Å². The second-order valence-corrected chi connectivity index (χ2v) is 5.07. The van der Waals surface area contributed by atoms with Gasteiger partial charge in [0.25, 0.3) is 0 Å². The zero-order valence-electron chi connectivity index (χ0n) is 11.9. The monoisotopic (exact) mass is 270 g/mol. The van der Waals surface area contributed by atoms with Crippen molar-refractivity contribution in [2.24, 2.45) is 5.73 Å². The van der Waals surface area contributed by atoms with E-state index < -0.39 is 0 Å². The summed E-state index contributed by atoms with van der Waals surface area (Å²) < 4.78 is 0. The molecule has 0 aliphatic rings. The van der Waals surface area contributed by atoms with Crippen LogP contribution in [0.25, 0.3) is 0 Å². The van der Waals surface area contributed by atoms with Gasteiger partial charge in [-0.15, -0.1) is 0 Å². The minimum absolute atomic E-state index is 0.311. The van der Waals surface area contributed by atoms with Crippen molar-refractivity contribution in [1.29, 1.82) is 0 Å². The Kier molecular flexibility index (Phi) is 5.02. The van der Waals surface area contributed by atoms with E-state index in [-0.39, 0.29) is 0 Å². The molecule has 106 valence electrons. The Morgan fingerprint density at radius 2 is 1.90 bits per heavy atom. The maximum absolute atomic E-state index is 9.58. The molecule has 2 aromatic rings. The first-order valence-corrected chi connectivity index (χ1v) is 6.98. The Morgan fingerprint density at radius 1 is 1.10 bits per heavy atom. The molecule has 0 saturated heterocycles. The summed E-state index contributed by atoms with van der Waals surface area (Å²) in [5, 5.41) is 9.58. The maximum atomic E-state index is 9.58. The van der Waals surface area contributed by atoms with Crippen LogP contribution in [0.15, 0.2) is 48.5 Å². The summed E-state index contributed by atoms with van der Waals surface area (Å²) in [7, 11) is 0. The number of rotatable bonds is 6. The molecule has 0 unspecified atom stereocenters. The van der Waals surface area contributed by atoms with Crippen LogP contribution in [0.4, 0.5) is 5.69 Å². The van der Waals surface area contributed by atoms with Crippen LogP contribution in [0.2, 0.25) is 0 Å². The third-order valence-electron chi connectivity index (χ3n) is 3.28. The lowest BCUT2D eigenvalue weighted by Crippen LogP contribution is -2.25. The number of aryl methyl sites for hydroxylation is 1. The molecule has 20 heavy (non-hydrogen) atoms. The standard InChI is InChI=1S/C17H22N2O/c1-14-5-2-7-16(11-14)19(10-4-9-18)13-15-6-3-8-17(20)12-15/h2-3,5-8,11-12,20H,4,9-10,13,18H2,1H3. The zero-order valence-corrected chi connectivity index (χ0v) is 11.9. The van der Waals surface area contributed by atoms with Crippen LogP contribution in [0.5, 0.6) is 5.75 Å². The molecular formula is C17H22N2O. The first-order chi connectivity index (χ1) is 9.69. The molecule has 0 aliphatic heterocycles. The molecule has 0 bridgehead atoms. The average molecular weight is 270 g/mol. The van der Waals surface area contributed by atoms with E-state index in [1.165, 1.54) is 11.3 Å². The van der Waals surface area contributed by atoms with Crippen molar-refractivity contribution in [3.63, 3.8) is 0 Å². The Bertz CT molecular complexity index is 554. The fraction of sp³-hybridized carbons (Fsp3) is 0.294. The Morgan fingerprint density at radius 3 is 2.60 bits per heavy atom. The summed E-state index contributed by atoms with van der Waals surface area (Å²) in [6.45, 7) is 4.47. The van der Waals surface area contributed by atoms with Crippen LogP contribution in [-0.2, 0) is 6.54 Å². The normalized spacial score (nSPS) is 10.5. The van der Waals surface area contributed by atoms with E-state index >= 15 is 0 Å². The van der Waals surface area contributed by atoms with Crippen LogP contribution in [0.1, 0.15) is 17.5 Å². The SMILES string of the molecule is Cc1cccc(N(CCCN)Cc2cccc(O)c2)c1. The summed E-state index contributed by atoms with van der Waals surface area (Å²) in [6.07, 6.45) is 0.951. The van der Waals surface area contributed by atoms with Gasteiger partial charge in [-0.1, -0.05) is 24.3 Å². The highest BCUT2D eigenvalue weighted by atomic mass is 16.3. The van der Waals surface area contributed by atoms with E-state index in [1.807, 2.05) is 18.2 Å². The van der Waals surface area contributed by atoms with E-state index in [4.69, 9.17) is 5.73 Å². The molecule has 0 radical (unpaired) electrons. The number of phenolic OH excluding ortho intramolecular Hbond substituents is 1. The summed E-state index contributed by atoms with van der Waals surface area (Å²) in [5.41, 5.74) is 9.18. The van der Waals surface area contributed by atoms with E-state index in [2.05, 4.69) is 36.1 Å². The molecule has 0 fully saturated rings. The van der Waals surface area contributed by atoms with Crippen molar-refractivity contribution in [3.05, 3.63) is 59.7 Å². The first kappa shape index (κ1) is 14.4. The molecule has 0 atom stereocenters. The van der Waals surface area contributed by atoms with Crippen molar-refractivity contribution in [2.45, 2.75) is 19.9 Å². The topological polar surface area (TPSA) is 49.5 Å². The molecule has 3 N–H and O–H groups in total. The molecular weight excluding hydrogens is 248 g/mol. The van der Waals surface area contributed by atoms with Gasteiger partial charge in [0.2, 0.25) is 0 Å². The largest absolute Gasteiger partial charge is 0.508 e. The van der Waals surface area contributed by atoms with E-state index in [0.29, 0.717) is 12.3 Å². The van der Waals surface area contributed by atoms with Gasteiger partial charge in [0.1, 0.15) is 5.75 Å². The minimum Gasteiger partial charge on any atom is -0.508 e. The van der Waals surface area contributed by atoms with Gasteiger partial charge in [-0.05, 0) is 55.3 Å². The lowest BCUT2D eigenvalue weighted by molar-refractivity contribution is 0.474. The average Bonchev–Trinajstić information content (AvgIpc) is 2.43. The van der Waals surface area contributed by atoms with Crippen LogP contribution in [0.3, 0.4) is 0 Å². The Hall–Kier alpha value is -2.00. The number of hydrogen-bond acceptors (Lipinski definition) is 3. The minimum atomic E-state index is 0.311. The molecule has 0 amide bonds. The highest BCUT2D eigenvalue weighted by Gasteiger charge is 2.07. The number of nitrogens with two attached hydrogens (primary N) is 1. The highest BCUT2D eigenvalue weighted by Crippen LogP contribution is 2.20. The maximum Gasteiger partial charge on any atom is 0.115 e. The predicted octanol–water partition coefficient (Wildman–Crippen LogP) is 3.06. The van der Waals surface area contributed by atoms with Gasteiger partial charge in [0, 0.05) is 18.8 Å². The summed E-state index contributed by atoms with van der Waals surface area (Å²) in [4.78, 5) is 2.30. The fourth-order valence-electron chi connectivity index (χ4n) is 2.28. The van der Waals surface area contributed by atoms with E-state index in [0.717, 1.165) is 25.1 Å². The van der Waals surface area contributed by atoms with Gasteiger partial charge in [-0.25, -0.2) is 0 Å².